The summed E-state index contributed by atoms with van der Waals surface area (Å²) in [6.45, 7) is 3.51. The summed E-state index contributed by atoms with van der Waals surface area (Å²) in [6, 6.07) is 2.73. The van der Waals surface area contributed by atoms with E-state index in [1.54, 1.807) is 24.4 Å². The van der Waals surface area contributed by atoms with Crippen molar-refractivity contribution in [3.8, 4) is 0 Å². The minimum absolute atomic E-state index is 0.247. The van der Waals surface area contributed by atoms with E-state index in [0.717, 1.165) is 0 Å². The Morgan fingerprint density at radius 2 is 2.53 bits per heavy atom. The number of hydrogen-bond donors (Lipinski definition) is 2. The maximum atomic E-state index is 11.5. The van der Waals surface area contributed by atoms with Crippen molar-refractivity contribution >= 4 is 23.2 Å². The molecule has 0 radical (unpaired) electrons. The summed E-state index contributed by atoms with van der Waals surface area (Å²) in [5.41, 5.74) is 6.04. The van der Waals surface area contributed by atoms with Gasteiger partial charge < -0.3 is 11.1 Å². The van der Waals surface area contributed by atoms with Crippen molar-refractivity contribution in [3.63, 3.8) is 0 Å². The maximum Gasteiger partial charge on any atom is 0.241 e. The Kier molecular flexibility index (Phi) is 4.27. The largest absolute Gasteiger partial charge is 0.322 e. The molecule has 1 heterocycles. The van der Waals surface area contributed by atoms with Crippen LogP contribution in [-0.2, 0) is 4.79 Å². The van der Waals surface area contributed by atoms with Gasteiger partial charge in [-0.05, 0) is 18.6 Å². The number of nitrogens with zero attached hydrogens (tertiary/aromatic N) is 1. The predicted octanol–water partition coefficient (Wildman–Crippen LogP) is 1.58. The zero-order valence-electron chi connectivity index (χ0n) is 8.11. The highest BCUT2D eigenvalue weighted by atomic mass is 35.5. The molecule has 0 fully saturated rings. The molecule has 5 heteroatoms. The van der Waals surface area contributed by atoms with Crippen LogP contribution >= 0.6 is 11.6 Å². The second-order valence-corrected chi connectivity index (χ2v) is 3.32. The SMILES string of the molecule is C=CCC(N)C(=O)Nc1cccnc1Cl. The lowest BCUT2D eigenvalue weighted by molar-refractivity contribution is -0.117. The summed E-state index contributed by atoms with van der Waals surface area (Å²) in [4.78, 5) is 15.3. The first-order valence-electron chi connectivity index (χ1n) is 4.43. The molecule has 0 aliphatic carbocycles. The normalized spacial score (nSPS) is 11.9. The summed E-state index contributed by atoms with van der Waals surface area (Å²) in [6.07, 6.45) is 3.56. The smallest absolute Gasteiger partial charge is 0.241 e. The van der Waals surface area contributed by atoms with Gasteiger partial charge in [-0.15, -0.1) is 6.58 Å². The van der Waals surface area contributed by atoms with Crippen LogP contribution in [0.15, 0.2) is 31.0 Å². The maximum absolute atomic E-state index is 11.5. The van der Waals surface area contributed by atoms with Crippen LogP contribution in [0.4, 0.5) is 5.69 Å². The average molecular weight is 226 g/mol. The van der Waals surface area contributed by atoms with Gasteiger partial charge in [-0.2, -0.15) is 0 Å². The van der Waals surface area contributed by atoms with Crippen LogP contribution in [0.5, 0.6) is 0 Å². The lowest BCUT2D eigenvalue weighted by atomic mass is 10.2. The summed E-state index contributed by atoms with van der Waals surface area (Å²) < 4.78 is 0. The number of amides is 1. The number of aromatic nitrogens is 1. The van der Waals surface area contributed by atoms with E-state index in [0.29, 0.717) is 12.1 Å². The number of carbonyl (C=O) groups excluding carboxylic acids is 1. The van der Waals surface area contributed by atoms with Crippen LogP contribution in [-0.4, -0.2) is 16.9 Å². The molecule has 1 atom stereocenters. The number of nitrogens with two attached hydrogens (primary N) is 1. The molecule has 15 heavy (non-hydrogen) atoms. The highest BCUT2D eigenvalue weighted by molar-refractivity contribution is 6.32. The first-order chi connectivity index (χ1) is 7.15. The first kappa shape index (κ1) is 11.7. The number of carbonyl (C=O) groups is 1. The topological polar surface area (TPSA) is 68.0 Å². The molecule has 0 saturated carbocycles. The number of rotatable bonds is 4. The molecule has 4 nitrogen and oxygen atoms in total. The molecule has 0 spiro atoms. The molecule has 1 aromatic rings. The van der Waals surface area contributed by atoms with Gasteiger partial charge in [0.25, 0.3) is 0 Å². The van der Waals surface area contributed by atoms with Crippen molar-refractivity contribution < 1.29 is 4.79 Å². The van der Waals surface area contributed by atoms with E-state index in [1.165, 1.54) is 0 Å². The summed E-state index contributed by atoms with van der Waals surface area (Å²) in [5, 5.41) is 2.84. The van der Waals surface area contributed by atoms with E-state index in [9.17, 15) is 4.79 Å². The second kappa shape index (κ2) is 5.48. The van der Waals surface area contributed by atoms with Crippen LogP contribution in [0, 0.1) is 0 Å². The Morgan fingerprint density at radius 3 is 3.13 bits per heavy atom. The predicted molar refractivity (Wildman–Crippen MR) is 60.7 cm³/mol. The quantitative estimate of drug-likeness (QED) is 0.604. The highest BCUT2D eigenvalue weighted by Gasteiger charge is 2.12. The number of pyridine rings is 1. The lowest BCUT2D eigenvalue weighted by Crippen LogP contribution is -2.35. The fraction of sp³-hybridized carbons (Fsp3) is 0.200. The van der Waals surface area contributed by atoms with Gasteiger partial charge in [0.1, 0.15) is 0 Å². The highest BCUT2D eigenvalue weighted by Crippen LogP contribution is 2.17. The van der Waals surface area contributed by atoms with Gasteiger partial charge in [0, 0.05) is 6.20 Å². The standard InChI is InChI=1S/C10H12ClN3O/c1-2-4-7(12)10(15)14-8-5-3-6-13-9(8)11/h2-3,5-7H,1,4,12H2,(H,14,15). The van der Waals surface area contributed by atoms with Gasteiger partial charge in [-0.1, -0.05) is 17.7 Å². The minimum Gasteiger partial charge on any atom is -0.322 e. The Labute approximate surface area is 93.1 Å². The van der Waals surface area contributed by atoms with Crippen molar-refractivity contribution in [2.75, 3.05) is 5.32 Å². The second-order valence-electron chi connectivity index (χ2n) is 2.96. The summed E-state index contributed by atoms with van der Waals surface area (Å²) in [5.74, 6) is -0.301. The van der Waals surface area contributed by atoms with Gasteiger partial charge in [0.05, 0.1) is 11.7 Å². The summed E-state index contributed by atoms with van der Waals surface area (Å²) in [7, 11) is 0. The molecule has 80 valence electrons. The van der Waals surface area contributed by atoms with Crippen LogP contribution in [0.1, 0.15) is 6.42 Å². The minimum atomic E-state index is -0.612. The van der Waals surface area contributed by atoms with Gasteiger partial charge >= 0.3 is 0 Å². The Bertz CT molecular complexity index is 367. The third-order valence-electron chi connectivity index (χ3n) is 1.77. The Morgan fingerprint density at radius 1 is 1.80 bits per heavy atom. The number of halogens is 1. The van der Waals surface area contributed by atoms with Crippen LogP contribution in [0.3, 0.4) is 0 Å². The van der Waals surface area contributed by atoms with E-state index in [-0.39, 0.29) is 11.1 Å². The zero-order chi connectivity index (χ0) is 11.3. The van der Waals surface area contributed by atoms with Crippen molar-refractivity contribution in [2.45, 2.75) is 12.5 Å². The van der Waals surface area contributed by atoms with Crippen LogP contribution in [0.25, 0.3) is 0 Å². The fourth-order valence-electron chi connectivity index (χ4n) is 0.991. The van der Waals surface area contributed by atoms with Gasteiger partial charge in [-0.25, -0.2) is 4.98 Å². The third kappa shape index (κ3) is 3.34. The van der Waals surface area contributed by atoms with Crippen molar-refractivity contribution in [2.24, 2.45) is 5.73 Å². The molecule has 1 amide bonds. The zero-order valence-corrected chi connectivity index (χ0v) is 8.87. The number of hydrogen-bond acceptors (Lipinski definition) is 3. The van der Waals surface area contributed by atoms with E-state index >= 15 is 0 Å². The van der Waals surface area contributed by atoms with Gasteiger partial charge in [-0.3, -0.25) is 4.79 Å². The van der Waals surface area contributed by atoms with Gasteiger partial charge in [0.2, 0.25) is 5.91 Å². The molecular weight excluding hydrogens is 214 g/mol. The molecule has 0 aliphatic heterocycles. The van der Waals surface area contributed by atoms with Crippen molar-refractivity contribution in [1.29, 1.82) is 0 Å². The molecule has 1 unspecified atom stereocenters. The molecule has 0 saturated heterocycles. The monoisotopic (exact) mass is 225 g/mol. The molecule has 0 aliphatic rings. The lowest BCUT2D eigenvalue weighted by Gasteiger charge is -2.10. The molecule has 1 rings (SSSR count). The fourth-order valence-corrected chi connectivity index (χ4v) is 1.16. The third-order valence-corrected chi connectivity index (χ3v) is 2.08. The van der Waals surface area contributed by atoms with Crippen molar-refractivity contribution in [1.82, 2.24) is 4.98 Å². The summed E-state index contributed by atoms with van der Waals surface area (Å²) >= 11 is 5.76. The average Bonchev–Trinajstić information content (AvgIpc) is 2.21. The van der Waals surface area contributed by atoms with E-state index in [2.05, 4.69) is 16.9 Å². The van der Waals surface area contributed by atoms with E-state index in [4.69, 9.17) is 17.3 Å². The number of nitrogens with one attached hydrogen (secondary N) is 1. The molecule has 0 aromatic carbocycles. The number of anilines is 1. The molecule has 1 aromatic heterocycles. The van der Waals surface area contributed by atoms with Crippen molar-refractivity contribution in [3.05, 3.63) is 36.1 Å². The van der Waals surface area contributed by atoms with Crippen LogP contribution < -0.4 is 11.1 Å². The van der Waals surface area contributed by atoms with E-state index < -0.39 is 6.04 Å². The first-order valence-corrected chi connectivity index (χ1v) is 4.80. The van der Waals surface area contributed by atoms with Crippen LogP contribution in [0.2, 0.25) is 5.15 Å². The Balaban J connectivity index is 2.66. The van der Waals surface area contributed by atoms with E-state index in [1.807, 2.05) is 0 Å². The molecule has 3 N–H and O–H groups in total. The Hall–Kier alpha value is -1.39. The molecular formula is C10H12ClN3O. The molecule has 0 bridgehead atoms. The van der Waals surface area contributed by atoms with Gasteiger partial charge in [0.15, 0.2) is 5.15 Å².